The molecule has 0 fully saturated rings. The van der Waals surface area contributed by atoms with E-state index in [1.807, 2.05) is 0 Å². The molecule has 41 heavy (non-hydrogen) atoms. The Hall–Kier alpha value is -4.37. The molecule has 0 radical (unpaired) electrons. The number of fused-ring (bicyclic) bond motifs is 1. The summed E-state index contributed by atoms with van der Waals surface area (Å²) in [4.78, 5) is 28.8. The van der Waals surface area contributed by atoms with Crippen molar-refractivity contribution in [2.45, 2.75) is 0 Å². The maximum Gasteiger partial charge on any atom is 0.345 e. The van der Waals surface area contributed by atoms with E-state index >= 15 is 0 Å². The van der Waals surface area contributed by atoms with Gasteiger partial charge in [0.15, 0.2) is 11.5 Å². The third-order valence-electron chi connectivity index (χ3n) is 6.05. The van der Waals surface area contributed by atoms with Gasteiger partial charge in [-0.3, -0.25) is 4.79 Å². The monoisotopic (exact) mass is 609 g/mol. The fraction of sp³-hybridized carbons (Fsp3) is 0.0333. The summed E-state index contributed by atoms with van der Waals surface area (Å²) < 4.78 is 24.9. The summed E-state index contributed by atoms with van der Waals surface area (Å²) >= 11 is 18.4. The van der Waals surface area contributed by atoms with E-state index < -0.39 is 17.7 Å². The van der Waals surface area contributed by atoms with Gasteiger partial charge in [0.05, 0.1) is 23.9 Å². The Bertz CT molecular complexity index is 1840. The standard InChI is InChI=1S/C30H19Cl3FN3O4/c1-40-26-12-16(6-11-25(26)41-30(39)20-9-7-17(31)13-23(20)33)15-35-37-29(38)28-27(19-4-2-3-5-22(19)32)21-14-18(34)8-10-24(21)36-28/h2-15,36H,1H3,(H,37,38). The van der Waals surface area contributed by atoms with E-state index in [1.165, 1.54) is 49.7 Å². The lowest BCUT2D eigenvalue weighted by Gasteiger charge is -2.10. The van der Waals surface area contributed by atoms with Crippen LogP contribution in [0.5, 0.6) is 11.5 Å². The topological polar surface area (TPSA) is 92.8 Å². The number of rotatable bonds is 7. The average molecular weight is 611 g/mol. The van der Waals surface area contributed by atoms with Crippen LogP contribution in [0.3, 0.4) is 0 Å². The first kappa shape index (κ1) is 28.2. The maximum atomic E-state index is 14.1. The Morgan fingerprint density at radius 1 is 0.927 bits per heavy atom. The van der Waals surface area contributed by atoms with Crippen molar-refractivity contribution in [2.75, 3.05) is 7.11 Å². The van der Waals surface area contributed by atoms with Gasteiger partial charge in [-0.05, 0) is 66.2 Å². The van der Waals surface area contributed by atoms with E-state index in [4.69, 9.17) is 44.3 Å². The Morgan fingerprint density at radius 2 is 1.73 bits per heavy atom. The number of carbonyl (C=O) groups is 2. The van der Waals surface area contributed by atoms with Crippen LogP contribution in [-0.2, 0) is 0 Å². The highest BCUT2D eigenvalue weighted by Crippen LogP contribution is 2.37. The van der Waals surface area contributed by atoms with Crippen molar-refractivity contribution in [3.63, 3.8) is 0 Å². The smallest absolute Gasteiger partial charge is 0.345 e. The molecule has 0 saturated carbocycles. The molecule has 0 saturated heterocycles. The lowest BCUT2D eigenvalue weighted by molar-refractivity contribution is 0.0729. The molecule has 0 aliphatic rings. The SMILES string of the molecule is COc1cc(C=NNC(=O)c2[nH]c3ccc(F)cc3c2-c2ccccc2Cl)ccc1OC(=O)c1ccc(Cl)cc1Cl. The predicted molar refractivity (Wildman–Crippen MR) is 158 cm³/mol. The van der Waals surface area contributed by atoms with E-state index in [2.05, 4.69) is 15.5 Å². The number of esters is 1. The van der Waals surface area contributed by atoms with Gasteiger partial charge in [-0.25, -0.2) is 14.6 Å². The quantitative estimate of drug-likeness (QED) is 0.0847. The van der Waals surface area contributed by atoms with Crippen LogP contribution in [0.25, 0.3) is 22.0 Å². The molecule has 0 aliphatic heterocycles. The fourth-order valence-corrected chi connectivity index (χ4v) is 4.87. The molecule has 0 aliphatic carbocycles. The molecule has 0 atom stereocenters. The van der Waals surface area contributed by atoms with Crippen LogP contribution in [-0.4, -0.2) is 30.2 Å². The van der Waals surface area contributed by atoms with Crippen molar-refractivity contribution in [3.05, 3.63) is 117 Å². The summed E-state index contributed by atoms with van der Waals surface area (Å²) in [6.45, 7) is 0. The van der Waals surface area contributed by atoms with Crippen molar-refractivity contribution in [3.8, 4) is 22.6 Å². The summed E-state index contributed by atoms with van der Waals surface area (Å²) in [6, 6.07) is 20.3. The second kappa shape index (κ2) is 12.0. The highest BCUT2D eigenvalue weighted by Gasteiger charge is 2.21. The first-order chi connectivity index (χ1) is 19.7. The normalized spacial score (nSPS) is 11.1. The third kappa shape index (κ3) is 6.05. The highest BCUT2D eigenvalue weighted by atomic mass is 35.5. The number of halogens is 4. The van der Waals surface area contributed by atoms with Crippen molar-refractivity contribution in [1.29, 1.82) is 0 Å². The first-order valence-corrected chi connectivity index (χ1v) is 13.1. The summed E-state index contributed by atoms with van der Waals surface area (Å²) in [5, 5.41) is 5.50. The Morgan fingerprint density at radius 3 is 2.49 bits per heavy atom. The predicted octanol–water partition coefficient (Wildman–Crippen LogP) is 7.93. The number of aromatic nitrogens is 1. The molecule has 0 spiro atoms. The molecule has 0 unspecified atom stereocenters. The summed E-state index contributed by atoms with van der Waals surface area (Å²) in [5.41, 5.74) is 4.90. The summed E-state index contributed by atoms with van der Waals surface area (Å²) in [6.07, 6.45) is 1.39. The van der Waals surface area contributed by atoms with Gasteiger partial charge in [0.1, 0.15) is 11.5 Å². The molecule has 0 bridgehead atoms. The molecular formula is C30H19Cl3FN3O4. The van der Waals surface area contributed by atoms with Gasteiger partial charge >= 0.3 is 5.97 Å². The van der Waals surface area contributed by atoms with Gasteiger partial charge in [-0.1, -0.05) is 53.0 Å². The van der Waals surface area contributed by atoms with Crippen LogP contribution in [0.1, 0.15) is 26.4 Å². The molecule has 1 aromatic heterocycles. The molecule has 11 heteroatoms. The molecular weight excluding hydrogens is 592 g/mol. The lowest BCUT2D eigenvalue weighted by Crippen LogP contribution is -2.19. The highest BCUT2D eigenvalue weighted by molar-refractivity contribution is 6.36. The van der Waals surface area contributed by atoms with Gasteiger partial charge in [0.25, 0.3) is 5.91 Å². The largest absolute Gasteiger partial charge is 0.493 e. The van der Waals surface area contributed by atoms with Crippen LogP contribution < -0.4 is 14.9 Å². The van der Waals surface area contributed by atoms with Crippen molar-refractivity contribution < 1.29 is 23.5 Å². The molecule has 206 valence electrons. The second-order valence-electron chi connectivity index (χ2n) is 8.67. The number of ether oxygens (including phenoxy) is 2. The van der Waals surface area contributed by atoms with Crippen LogP contribution >= 0.6 is 34.8 Å². The molecule has 2 N–H and O–H groups in total. The van der Waals surface area contributed by atoms with Gasteiger partial charge in [-0.15, -0.1) is 0 Å². The zero-order valence-electron chi connectivity index (χ0n) is 21.2. The Kier molecular flexibility index (Phi) is 8.26. The van der Waals surface area contributed by atoms with Crippen molar-refractivity contribution in [2.24, 2.45) is 5.10 Å². The Labute approximate surface area is 248 Å². The number of nitrogens with one attached hydrogen (secondary N) is 2. The molecule has 7 nitrogen and oxygen atoms in total. The van der Waals surface area contributed by atoms with E-state index in [0.29, 0.717) is 37.6 Å². The van der Waals surface area contributed by atoms with Gasteiger partial charge in [0.2, 0.25) is 0 Å². The average Bonchev–Trinajstić information content (AvgIpc) is 3.32. The number of benzene rings is 4. The zero-order valence-corrected chi connectivity index (χ0v) is 23.4. The number of hydrogen-bond acceptors (Lipinski definition) is 5. The van der Waals surface area contributed by atoms with E-state index in [1.54, 1.807) is 42.5 Å². The second-order valence-corrected chi connectivity index (χ2v) is 9.92. The number of nitrogens with zero attached hydrogens (tertiary/aromatic N) is 1. The zero-order chi connectivity index (χ0) is 29.1. The number of amides is 1. The Balaban J connectivity index is 1.36. The minimum atomic E-state index is -0.689. The number of hydrogen-bond donors (Lipinski definition) is 2. The fourth-order valence-electron chi connectivity index (χ4n) is 4.16. The van der Waals surface area contributed by atoms with Gasteiger partial charge in [-0.2, -0.15) is 5.10 Å². The maximum absolute atomic E-state index is 14.1. The molecule has 1 amide bonds. The first-order valence-electron chi connectivity index (χ1n) is 12.0. The minimum absolute atomic E-state index is 0.141. The van der Waals surface area contributed by atoms with Crippen LogP contribution in [0, 0.1) is 5.82 Å². The van der Waals surface area contributed by atoms with Gasteiger partial charge < -0.3 is 14.5 Å². The molecule has 1 heterocycles. The number of aromatic amines is 1. The number of H-pyrrole nitrogens is 1. The van der Waals surface area contributed by atoms with E-state index in [0.717, 1.165) is 0 Å². The van der Waals surface area contributed by atoms with Crippen LogP contribution in [0.15, 0.2) is 84.0 Å². The van der Waals surface area contributed by atoms with Crippen LogP contribution in [0.4, 0.5) is 4.39 Å². The van der Waals surface area contributed by atoms with Gasteiger partial charge in [0, 0.05) is 32.1 Å². The lowest BCUT2D eigenvalue weighted by atomic mass is 10.0. The number of hydrazone groups is 1. The summed E-state index contributed by atoms with van der Waals surface area (Å²) in [7, 11) is 1.42. The molecule has 5 rings (SSSR count). The van der Waals surface area contributed by atoms with Crippen LogP contribution in [0.2, 0.25) is 15.1 Å². The minimum Gasteiger partial charge on any atom is -0.493 e. The van der Waals surface area contributed by atoms with Crippen molar-refractivity contribution in [1.82, 2.24) is 10.4 Å². The summed E-state index contributed by atoms with van der Waals surface area (Å²) in [5.74, 6) is -1.30. The molecule has 5 aromatic rings. The number of methoxy groups -OCH3 is 1. The van der Waals surface area contributed by atoms with E-state index in [-0.39, 0.29) is 27.8 Å². The number of carbonyl (C=O) groups excluding carboxylic acids is 2. The van der Waals surface area contributed by atoms with E-state index in [9.17, 15) is 14.0 Å². The third-order valence-corrected chi connectivity index (χ3v) is 6.93. The van der Waals surface area contributed by atoms with Crippen molar-refractivity contribution >= 4 is 63.8 Å². The molecule has 4 aromatic carbocycles.